The Morgan fingerprint density at radius 1 is 0.933 bits per heavy atom. The fourth-order valence-electron chi connectivity index (χ4n) is 3.33. The Morgan fingerprint density at radius 2 is 1.63 bits per heavy atom. The van der Waals surface area contributed by atoms with Crippen LogP contribution >= 0.6 is 0 Å². The van der Waals surface area contributed by atoms with Crippen LogP contribution in [0, 0.1) is 11.6 Å². The zero-order chi connectivity index (χ0) is 21.3. The van der Waals surface area contributed by atoms with Crippen molar-refractivity contribution in [3.8, 4) is 5.69 Å². The molecule has 30 heavy (non-hydrogen) atoms. The molecule has 0 bridgehead atoms. The lowest BCUT2D eigenvalue weighted by molar-refractivity contribution is 0.0690. The first kappa shape index (κ1) is 20.2. The lowest BCUT2D eigenvalue weighted by Gasteiger charge is -2.34. The molecule has 1 aliphatic heterocycles. The first-order chi connectivity index (χ1) is 14.4. The molecular formula is C20H18F2N4O3S. The molecule has 0 N–H and O–H groups in total. The molecular weight excluding hydrogens is 414 g/mol. The van der Waals surface area contributed by atoms with Crippen molar-refractivity contribution in [1.29, 1.82) is 0 Å². The van der Waals surface area contributed by atoms with Crippen molar-refractivity contribution in [2.45, 2.75) is 4.90 Å². The minimum Gasteiger partial charge on any atom is -0.335 e. The van der Waals surface area contributed by atoms with E-state index in [4.69, 9.17) is 0 Å². The summed E-state index contributed by atoms with van der Waals surface area (Å²) < 4.78 is 54.8. The average Bonchev–Trinajstić information content (AvgIpc) is 3.24. The van der Waals surface area contributed by atoms with Gasteiger partial charge in [-0.2, -0.15) is 4.31 Å². The third kappa shape index (κ3) is 3.83. The summed E-state index contributed by atoms with van der Waals surface area (Å²) in [7, 11) is -3.84. The molecule has 2 heterocycles. The van der Waals surface area contributed by atoms with Gasteiger partial charge < -0.3 is 4.90 Å². The van der Waals surface area contributed by atoms with Gasteiger partial charge in [0.1, 0.15) is 17.3 Å². The number of benzene rings is 2. The maximum Gasteiger partial charge on any atom is 0.272 e. The van der Waals surface area contributed by atoms with E-state index in [9.17, 15) is 22.0 Å². The number of carbonyl (C=O) groups excluding carboxylic acids is 1. The van der Waals surface area contributed by atoms with Crippen molar-refractivity contribution in [1.82, 2.24) is 18.8 Å². The van der Waals surface area contributed by atoms with Crippen LogP contribution in [-0.2, 0) is 10.0 Å². The highest BCUT2D eigenvalue weighted by molar-refractivity contribution is 7.89. The second kappa shape index (κ2) is 7.96. The predicted molar refractivity (Wildman–Crippen MR) is 105 cm³/mol. The largest absolute Gasteiger partial charge is 0.335 e. The summed E-state index contributed by atoms with van der Waals surface area (Å²) in [6.45, 7) is 0.550. The van der Waals surface area contributed by atoms with Crippen molar-refractivity contribution in [2.75, 3.05) is 26.2 Å². The fraction of sp³-hybridized carbons (Fsp3) is 0.200. The maximum absolute atomic E-state index is 13.4. The molecule has 1 fully saturated rings. The molecule has 0 atom stereocenters. The highest BCUT2D eigenvalue weighted by Crippen LogP contribution is 2.20. The van der Waals surface area contributed by atoms with E-state index in [1.54, 1.807) is 4.57 Å². The van der Waals surface area contributed by atoms with E-state index in [1.807, 2.05) is 0 Å². The third-order valence-corrected chi connectivity index (χ3v) is 6.82. The molecule has 1 aliphatic rings. The van der Waals surface area contributed by atoms with Gasteiger partial charge >= 0.3 is 0 Å². The van der Waals surface area contributed by atoms with Gasteiger partial charge in [0.05, 0.1) is 17.4 Å². The average molecular weight is 432 g/mol. The highest BCUT2D eigenvalue weighted by atomic mass is 32.2. The summed E-state index contributed by atoms with van der Waals surface area (Å²) >= 11 is 0. The molecule has 1 aromatic heterocycles. The number of aromatic nitrogens is 2. The summed E-state index contributed by atoms with van der Waals surface area (Å²) in [4.78, 5) is 18.4. The second-order valence-electron chi connectivity index (χ2n) is 6.78. The van der Waals surface area contributed by atoms with Crippen LogP contribution in [0.15, 0.2) is 66.0 Å². The Bertz CT molecular complexity index is 1170. The number of hydrogen-bond acceptors (Lipinski definition) is 4. The second-order valence-corrected chi connectivity index (χ2v) is 8.72. The van der Waals surface area contributed by atoms with Gasteiger partial charge in [0.15, 0.2) is 0 Å². The van der Waals surface area contributed by atoms with E-state index in [-0.39, 0.29) is 42.8 Å². The van der Waals surface area contributed by atoms with Crippen LogP contribution in [0.1, 0.15) is 10.5 Å². The lowest BCUT2D eigenvalue weighted by atomic mass is 10.2. The number of rotatable bonds is 4. The van der Waals surface area contributed by atoms with Gasteiger partial charge in [0, 0.05) is 31.9 Å². The number of amides is 1. The molecule has 0 radical (unpaired) electrons. The molecule has 0 aliphatic carbocycles. The number of piperazine rings is 1. The van der Waals surface area contributed by atoms with Gasteiger partial charge in [-0.1, -0.05) is 6.07 Å². The standard InChI is InChI=1S/C20H18F2N4O3S/c21-15-4-6-17(7-5-15)26-14-23-13-19(26)20(27)24-8-10-25(11-9-24)30(28,29)18-3-1-2-16(22)12-18/h1-7,12-14H,8-11H2. The highest BCUT2D eigenvalue weighted by Gasteiger charge is 2.31. The van der Waals surface area contributed by atoms with E-state index in [0.29, 0.717) is 11.4 Å². The number of nitrogens with zero attached hydrogens (tertiary/aromatic N) is 4. The van der Waals surface area contributed by atoms with Gasteiger partial charge in [-0.25, -0.2) is 22.2 Å². The molecule has 0 saturated carbocycles. The number of hydrogen-bond donors (Lipinski definition) is 0. The van der Waals surface area contributed by atoms with Crippen LogP contribution in [0.4, 0.5) is 8.78 Å². The predicted octanol–water partition coefficient (Wildman–Crippen LogP) is 2.30. The molecule has 1 amide bonds. The van der Waals surface area contributed by atoms with Crippen LogP contribution in [-0.4, -0.2) is 59.3 Å². The molecule has 156 valence electrons. The molecule has 0 spiro atoms. The minimum absolute atomic E-state index is 0.0925. The van der Waals surface area contributed by atoms with Crippen molar-refractivity contribution in [2.24, 2.45) is 0 Å². The van der Waals surface area contributed by atoms with Crippen LogP contribution in [0.3, 0.4) is 0 Å². The zero-order valence-corrected chi connectivity index (χ0v) is 16.6. The van der Waals surface area contributed by atoms with Crippen LogP contribution < -0.4 is 0 Å². The molecule has 2 aromatic carbocycles. The molecule has 10 heteroatoms. The summed E-state index contributed by atoms with van der Waals surface area (Å²) in [6.07, 6.45) is 2.88. The fourth-order valence-corrected chi connectivity index (χ4v) is 4.78. The van der Waals surface area contributed by atoms with Crippen molar-refractivity contribution < 1.29 is 22.0 Å². The Morgan fingerprint density at radius 3 is 2.30 bits per heavy atom. The summed E-state index contributed by atoms with van der Waals surface area (Å²) in [5.41, 5.74) is 0.882. The Kier molecular flexibility index (Phi) is 5.35. The first-order valence-corrected chi connectivity index (χ1v) is 10.6. The number of halogens is 2. The molecule has 4 rings (SSSR count). The van der Waals surface area contributed by atoms with E-state index in [0.717, 1.165) is 6.07 Å². The maximum atomic E-state index is 13.4. The normalized spacial score (nSPS) is 15.3. The Hall–Kier alpha value is -3.11. The van der Waals surface area contributed by atoms with Gasteiger partial charge in [0.25, 0.3) is 5.91 Å². The topological polar surface area (TPSA) is 75.5 Å². The van der Waals surface area contributed by atoms with Crippen LogP contribution in [0.25, 0.3) is 5.69 Å². The van der Waals surface area contributed by atoms with Gasteiger partial charge in [-0.3, -0.25) is 9.36 Å². The van der Waals surface area contributed by atoms with Crippen molar-refractivity contribution in [3.05, 3.63) is 78.4 Å². The quantitative estimate of drug-likeness (QED) is 0.634. The SMILES string of the molecule is O=C(c1cncn1-c1ccc(F)cc1)N1CCN(S(=O)(=O)c2cccc(F)c2)CC1. The van der Waals surface area contributed by atoms with Gasteiger partial charge in [-0.05, 0) is 42.5 Å². The Labute approximate surface area is 172 Å². The first-order valence-electron chi connectivity index (χ1n) is 9.19. The third-order valence-electron chi connectivity index (χ3n) is 4.92. The molecule has 1 saturated heterocycles. The van der Waals surface area contributed by atoms with Gasteiger partial charge in [-0.15, -0.1) is 0 Å². The lowest BCUT2D eigenvalue weighted by Crippen LogP contribution is -2.50. The molecule has 7 nitrogen and oxygen atoms in total. The molecule has 3 aromatic rings. The van der Waals surface area contributed by atoms with Gasteiger partial charge in [0.2, 0.25) is 10.0 Å². The Balaban J connectivity index is 1.48. The van der Waals surface area contributed by atoms with Crippen molar-refractivity contribution in [3.63, 3.8) is 0 Å². The number of carbonyl (C=O) groups is 1. The van der Waals surface area contributed by atoms with E-state index < -0.39 is 15.8 Å². The van der Waals surface area contributed by atoms with E-state index in [2.05, 4.69) is 4.98 Å². The van der Waals surface area contributed by atoms with Crippen LogP contribution in [0.5, 0.6) is 0 Å². The van der Waals surface area contributed by atoms with E-state index >= 15 is 0 Å². The number of imidazole rings is 1. The molecule has 0 unspecified atom stereocenters. The monoisotopic (exact) mass is 432 g/mol. The summed E-state index contributed by atoms with van der Waals surface area (Å²) in [5, 5.41) is 0. The number of sulfonamides is 1. The zero-order valence-electron chi connectivity index (χ0n) is 15.8. The van der Waals surface area contributed by atoms with E-state index in [1.165, 1.54) is 64.2 Å². The van der Waals surface area contributed by atoms with Crippen LogP contribution in [0.2, 0.25) is 0 Å². The summed E-state index contributed by atoms with van der Waals surface area (Å²) in [5.74, 6) is -1.32. The smallest absolute Gasteiger partial charge is 0.272 e. The summed E-state index contributed by atoms with van der Waals surface area (Å²) in [6, 6.07) is 10.5. The van der Waals surface area contributed by atoms with Crippen molar-refractivity contribution >= 4 is 15.9 Å². The minimum atomic E-state index is -3.84.